The number of imide groups is 1. The Labute approximate surface area is 156 Å². The first-order chi connectivity index (χ1) is 12.9. The number of carbonyl (C=O) groups excluding carboxylic acids is 3. The van der Waals surface area contributed by atoms with Gasteiger partial charge in [0.25, 0.3) is 11.8 Å². The van der Waals surface area contributed by atoms with Crippen LogP contribution in [0.5, 0.6) is 11.5 Å². The Bertz CT molecular complexity index is 900. The van der Waals surface area contributed by atoms with Gasteiger partial charge in [-0.3, -0.25) is 19.3 Å². The molecule has 0 fully saturated rings. The lowest BCUT2D eigenvalue weighted by Crippen LogP contribution is -2.32. The maximum Gasteiger partial charge on any atom is 0.261 e. The number of nitrogens with one attached hydrogen (secondary N) is 1. The number of anilines is 1. The van der Waals surface area contributed by atoms with Gasteiger partial charge in [0.2, 0.25) is 5.91 Å². The van der Waals surface area contributed by atoms with E-state index in [0.717, 1.165) is 10.5 Å². The summed E-state index contributed by atoms with van der Waals surface area (Å²) in [5.41, 5.74) is 2.18. The zero-order chi connectivity index (χ0) is 19.6. The number of amides is 3. The van der Waals surface area contributed by atoms with Crippen LogP contribution < -0.4 is 14.8 Å². The molecule has 0 radical (unpaired) electrons. The van der Waals surface area contributed by atoms with Crippen molar-refractivity contribution in [1.82, 2.24) is 4.90 Å². The summed E-state index contributed by atoms with van der Waals surface area (Å²) in [6, 6.07) is 10.1. The lowest BCUT2D eigenvalue weighted by atomic mass is 10.1. The first-order valence-corrected chi connectivity index (χ1v) is 8.42. The fourth-order valence-electron chi connectivity index (χ4n) is 2.92. The molecule has 7 heteroatoms. The molecule has 1 heterocycles. The maximum absolute atomic E-state index is 12.4. The quantitative estimate of drug-likeness (QED) is 0.793. The van der Waals surface area contributed by atoms with Gasteiger partial charge in [-0.15, -0.1) is 0 Å². The molecule has 3 rings (SSSR count). The lowest BCUT2D eigenvalue weighted by molar-refractivity contribution is -0.116. The highest BCUT2D eigenvalue weighted by atomic mass is 16.5. The van der Waals surface area contributed by atoms with Crippen LogP contribution in [0.15, 0.2) is 36.4 Å². The summed E-state index contributed by atoms with van der Waals surface area (Å²) in [6.07, 6.45) is -0.00994. The van der Waals surface area contributed by atoms with Crippen molar-refractivity contribution in [3.63, 3.8) is 0 Å². The molecule has 1 N–H and O–H groups in total. The average Bonchev–Trinajstić information content (AvgIpc) is 2.89. The first kappa shape index (κ1) is 18.4. The third kappa shape index (κ3) is 3.76. The molecule has 7 nitrogen and oxygen atoms in total. The normalized spacial score (nSPS) is 12.8. The molecule has 0 saturated heterocycles. The van der Waals surface area contributed by atoms with Crippen molar-refractivity contribution in [2.24, 2.45) is 0 Å². The molecular formula is C20H20N2O5. The van der Waals surface area contributed by atoms with Crippen LogP contribution in [-0.2, 0) is 4.79 Å². The van der Waals surface area contributed by atoms with Crippen molar-refractivity contribution in [2.75, 3.05) is 26.1 Å². The topological polar surface area (TPSA) is 84.9 Å². The molecule has 3 amide bonds. The van der Waals surface area contributed by atoms with Gasteiger partial charge in [0, 0.05) is 36.9 Å². The van der Waals surface area contributed by atoms with Crippen LogP contribution in [0.2, 0.25) is 0 Å². The highest BCUT2D eigenvalue weighted by Gasteiger charge is 2.35. The van der Waals surface area contributed by atoms with Crippen LogP contribution in [0.4, 0.5) is 5.69 Å². The SMILES string of the molecule is COc1cc(NC(=O)CCN2C(=O)c3ccc(C)cc3C2=O)cc(OC)c1. The summed E-state index contributed by atoms with van der Waals surface area (Å²) >= 11 is 0. The summed E-state index contributed by atoms with van der Waals surface area (Å²) < 4.78 is 10.3. The van der Waals surface area contributed by atoms with Crippen LogP contribution in [0.3, 0.4) is 0 Å². The predicted molar refractivity (Wildman–Crippen MR) is 99.3 cm³/mol. The van der Waals surface area contributed by atoms with Gasteiger partial charge in [0.1, 0.15) is 11.5 Å². The van der Waals surface area contributed by atoms with Crippen LogP contribution >= 0.6 is 0 Å². The molecule has 0 saturated carbocycles. The number of rotatable bonds is 6. The maximum atomic E-state index is 12.4. The van der Waals surface area contributed by atoms with E-state index >= 15 is 0 Å². The molecule has 0 aliphatic carbocycles. The second-order valence-electron chi connectivity index (χ2n) is 6.21. The van der Waals surface area contributed by atoms with E-state index in [4.69, 9.17) is 9.47 Å². The molecule has 2 aromatic rings. The van der Waals surface area contributed by atoms with Crippen molar-refractivity contribution in [3.05, 3.63) is 53.1 Å². The fraction of sp³-hybridized carbons (Fsp3) is 0.250. The first-order valence-electron chi connectivity index (χ1n) is 8.42. The minimum absolute atomic E-state index is 0.00994. The Morgan fingerprint density at radius 1 is 0.963 bits per heavy atom. The second-order valence-corrected chi connectivity index (χ2v) is 6.21. The van der Waals surface area contributed by atoms with Crippen molar-refractivity contribution in [2.45, 2.75) is 13.3 Å². The van der Waals surface area contributed by atoms with Crippen LogP contribution in [-0.4, -0.2) is 43.4 Å². The van der Waals surface area contributed by atoms with Crippen LogP contribution in [0.1, 0.15) is 32.7 Å². The van der Waals surface area contributed by atoms with Gasteiger partial charge in [0.05, 0.1) is 25.3 Å². The molecule has 0 bridgehead atoms. The second kappa shape index (κ2) is 7.49. The standard InChI is InChI=1S/C20H20N2O5/c1-12-4-5-16-17(8-12)20(25)22(19(16)24)7-6-18(23)21-13-9-14(26-2)11-15(10-13)27-3/h4-5,8-11H,6-7H2,1-3H3,(H,21,23). The third-order valence-electron chi connectivity index (χ3n) is 4.32. The van der Waals surface area contributed by atoms with Crippen molar-refractivity contribution >= 4 is 23.4 Å². The van der Waals surface area contributed by atoms with Crippen LogP contribution in [0, 0.1) is 6.92 Å². The van der Waals surface area contributed by atoms with E-state index < -0.39 is 0 Å². The Kier molecular flexibility index (Phi) is 5.12. The van der Waals surface area contributed by atoms with E-state index in [-0.39, 0.29) is 30.7 Å². The average molecular weight is 368 g/mol. The van der Waals surface area contributed by atoms with Gasteiger partial charge in [-0.25, -0.2) is 0 Å². The highest BCUT2D eigenvalue weighted by molar-refractivity contribution is 6.21. The van der Waals surface area contributed by atoms with Gasteiger partial charge in [0.15, 0.2) is 0 Å². The minimum atomic E-state index is -0.370. The number of hydrogen-bond donors (Lipinski definition) is 1. The predicted octanol–water partition coefficient (Wildman–Crippen LogP) is 2.64. The smallest absolute Gasteiger partial charge is 0.261 e. The van der Waals surface area contributed by atoms with E-state index in [0.29, 0.717) is 28.3 Å². The van der Waals surface area contributed by atoms with Crippen molar-refractivity contribution < 1.29 is 23.9 Å². The number of carbonyl (C=O) groups is 3. The Hall–Kier alpha value is -3.35. The molecule has 2 aromatic carbocycles. The van der Waals surface area contributed by atoms with E-state index in [9.17, 15) is 14.4 Å². The van der Waals surface area contributed by atoms with Gasteiger partial charge in [-0.1, -0.05) is 11.6 Å². The Morgan fingerprint density at radius 3 is 2.22 bits per heavy atom. The van der Waals surface area contributed by atoms with Gasteiger partial charge in [-0.05, 0) is 19.1 Å². The monoisotopic (exact) mass is 368 g/mol. The number of nitrogens with zero attached hydrogens (tertiary/aromatic N) is 1. The number of methoxy groups -OCH3 is 2. The summed E-state index contributed by atoms with van der Waals surface area (Å²) in [5, 5.41) is 2.73. The van der Waals surface area contributed by atoms with E-state index in [1.165, 1.54) is 14.2 Å². The zero-order valence-electron chi connectivity index (χ0n) is 15.4. The summed E-state index contributed by atoms with van der Waals surface area (Å²) in [4.78, 5) is 38.2. The molecule has 1 aliphatic heterocycles. The number of fused-ring (bicyclic) bond motifs is 1. The molecule has 0 atom stereocenters. The van der Waals surface area contributed by atoms with Crippen molar-refractivity contribution in [1.29, 1.82) is 0 Å². The third-order valence-corrected chi connectivity index (χ3v) is 4.32. The minimum Gasteiger partial charge on any atom is -0.497 e. The number of aryl methyl sites for hydroxylation is 1. The fourth-order valence-corrected chi connectivity index (χ4v) is 2.92. The molecule has 140 valence electrons. The largest absolute Gasteiger partial charge is 0.497 e. The molecule has 0 spiro atoms. The Morgan fingerprint density at radius 2 is 1.59 bits per heavy atom. The van der Waals surface area contributed by atoms with E-state index in [1.54, 1.807) is 36.4 Å². The summed E-state index contributed by atoms with van der Waals surface area (Å²) in [6.45, 7) is 1.87. The van der Waals surface area contributed by atoms with E-state index in [2.05, 4.69) is 5.32 Å². The Balaban J connectivity index is 1.65. The number of benzene rings is 2. The molecule has 0 aromatic heterocycles. The van der Waals surface area contributed by atoms with Crippen LogP contribution in [0.25, 0.3) is 0 Å². The van der Waals surface area contributed by atoms with Gasteiger partial charge >= 0.3 is 0 Å². The number of ether oxygens (including phenoxy) is 2. The lowest BCUT2D eigenvalue weighted by Gasteiger charge is -2.14. The zero-order valence-corrected chi connectivity index (χ0v) is 15.4. The molecular weight excluding hydrogens is 348 g/mol. The van der Waals surface area contributed by atoms with Crippen molar-refractivity contribution in [3.8, 4) is 11.5 Å². The highest BCUT2D eigenvalue weighted by Crippen LogP contribution is 2.26. The summed E-state index contributed by atoms with van der Waals surface area (Å²) in [7, 11) is 3.04. The molecule has 1 aliphatic rings. The van der Waals surface area contributed by atoms with E-state index in [1.807, 2.05) is 6.92 Å². The molecule has 0 unspecified atom stereocenters. The summed E-state index contributed by atoms with van der Waals surface area (Å²) in [5.74, 6) is 0.0270. The molecule has 27 heavy (non-hydrogen) atoms. The number of hydrogen-bond acceptors (Lipinski definition) is 5. The van der Waals surface area contributed by atoms with Gasteiger partial charge in [-0.2, -0.15) is 0 Å². The van der Waals surface area contributed by atoms with Gasteiger partial charge < -0.3 is 14.8 Å².